The molecule has 0 aliphatic heterocycles. The third-order valence-corrected chi connectivity index (χ3v) is 4.47. The van der Waals surface area contributed by atoms with Crippen LogP contribution >= 0.6 is 15.9 Å². The van der Waals surface area contributed by atoms with Crippen LogP contribution in [0, 0.1) is 31.1 Å². The molecule has 140 valence electrons. The van der Waals surface area contributed by atoms with Gasteiger partial charge in [0.1, 0.15) is 17.4 Å². The normalized spacial score (nSPS) is 11.2. The standard InChI is InChI=1S/C22H23BrN2O2/c1-14(2)13-27-21-8-7-17(11-19(21)23)10-18(12-24)22(26)25-20-9-15(3)5-6-16(20)4/h5-11,14H,13H2,1-4H3,(H,25,26)/b18-10+. The van der Waals surface area contributed by atoms with Gasteiger partial charge in [0.2, 0.25) is 0 Å². The van der Waals surface area contributed by atoms with E-state index in [0.717, 1.165) is 26.9 Å². The van der Waals surface area contributed by atoms with Crippen molar-refractivity contribution in [2.45, 2.75) is 27.7 Å². The van der Waals surface area contributed by atoms with Gasteiger partial charge in [0.05, 0.1) is 11.1 Å². The van der Waals surface area contributed by atoms with Crippen LogP contribution in [-0.4, -0.2) is 12.5 Å². The van der Waals surface area contributed by atoms with Crippen molar-refractivity contribution in [3.63, 3.8) is 0 Å². The zero-order valence-corrected chi connectivity index (χ0v) is 17.6. The summed E-state index contributed by atoms with van der Waals surface area (Å²) in [5, 5.41) is 12.2. The number of halogens is 1. The number of carbonyl (C=O) groups excluding carboxylic acids is 1. The van der Waals surface area contributed by atoms with Crippen molar-refractivity contribution in [3.8, 4) is 11.8 Å². The maximum absolute atomic E-state index is 12.5. The first-order valence-electron chi connectivity index (χ1n) is 8.73. The molecular weight excluding hydrogens is 404 g/mol. The molecule has 1 N–H and O–H groups in total. The molecule has 2 aromatic carbocycles. The van der Waals surface area contributed by atoms with Gasteiger partial charge in [0.15, 0.2) is 0 Å². The van der Waals surface area contributed by atoms with Crippen LogP contribution in [0.15, 0.2) is 46.4 Å². The molecule has 2 aromatic rings. The number of amides is 1. The van der Waals surface area contributed by atoms with E-state index in [-0.39, 0.29) is 5.57 Å². The van der Waals surface area contributed by atoms with Crippen molar-refractivity contribution in [2.24, 2.45) is 5.92 Å². The lowest BCUT2D eigenvalue weighted by atomic mass is 10.1. The highest BCUT2D eigenvalue weighted by atomic mass is 79.9. The molecule has 0 saturated heterocycles. The van der Waals surface area contributed by atoms with Gasteiger partial charge in [-0.3, -0.25) is 4.79 Å². The summed E-state index contributed by atoms with van der Waals surface area (Å²) in [7, 11) is 0. The Labute approximate surface area is 169 Å². The van der Waals surface area contributed by atoms with Gasteiger partial charge in [-0.1, -0.05) is 32.0 Å². The van der Waals surface area contributed by atoms with Crippen LogP contribution in [0.5, 0.6) is 5.75 Å². The maximum atomic E-state index is 12.5. The molecule has 27 heavy (non-hydrogen) atoms. The third-order valence-electron chi connectivity index (χ3n) is 3.85. The molecular formula is C22H23BrN2O2. The molecule has 0 aromatic heterocycles. The van der Waals surface area contributed by atoms with E-state index >= 15 is 0 Å². The Hall–Kier alpha value is -2.58. The Balaban J connectivity index is 2.20. The summed E-state index contributed by atoms with van der Waals surface area (Å²) < 4.78 is 6.51. The zero-order chi connectivity index (χ0) is 20.0. The summed E-state index contributed by atoms with van der Waals surface area (Å²) in [5.74, 6) is 0.733. The van der Waals surface area contributed by atoms with Crippen LogP contribution < -0.4 is 10.1 Å². The molecule has 0 bridgehead atoms. The summed E-state index contributed by atoms with van der Waals surface area (Å²) >= 11 is 3.48. The Morgan fingerprint density at radius 2 is 2.00 bits per heavy atom. The Kier molecular flexibility index (Phi) is 7.20. The Morgan fingerprint density at radius 3 is 2.63 bits per heavy atom. The van der Waals surface area contributed by atoms with Gasteiger partial charge in [-0.2, -0.15) is 5.26 Å². The van der Waals surface area contributed by atoms with E-state index in [1.54, 1.807) is 6.08 Å². The first kappa shape index (κ1) is 20.7. The molecule has 1 amide bonds. The second-order valence-corrected chi connectivity index (χ2v) is 7.69. The van der Waals surface area contributed by atoms with Crippen LogP contribution in [-0.2, 0) is 4.79 Å². The van der Waals surface area contributed by atoms with Crippen LogP contribution in [0.4, 0.5) is 5.69 Å². The molecule has 0 aliphatic rings. The number of nitrogens with one attached hydrogen (secondary N) is 1. The zero-order valence-electron chi connectivity index (χ0n) is 16.0. The van der Waals surface area contributed by atoms with Crippen molar-refractivity contribution < 1.29 is 9.53 Å². The number of hydrogen-bond acceptors (Lipinski definition) is 3. The minimum Gasteiger partial charge on any atom is -0.492 e. The number of anilines is 1. The number of nitriles is 1. The van der Waals surface area contributed by atoms with Gasteiger partial charge in [-0.15, -0.1) is 0 Å². The SMILES string of the molecule is Cc1ccc(C)c(NC(=O)/C(C#N)=C/c2ccc(OCC(C)C)c(Br)c2)c1. The first-order valence-corrected chi connectivity index (χ1v) is 9.52. The number of ether oxygens (including phenoxy) is 1. The van der Waals surface area contributed by atoms with E-state index in [9.17, 15) is 10.1 Å². The summed E-state index contributed by atoms with van der Waals surface area (Å²) in [5.41, 5.74) is 3.48. The van der Waals surface area contributed by atoms with Crippen LogP contribution in [0.3, 0.4) is 0 Å². The molecule has 0 saturated carbocycles. The second-order valence-electron chi connectivity index (χ2n) is 6.84. The lowest BCUT2D eigenvalue weighted by Gasteiger charge is -2.11. The van der Waals surface area contributed by atoms with Crippen molar-refractivity contribution >= 4 is 33.6 Å². The minimum absolute atomic E-state index is 0.0404. The van der Waals surface area contributed by atoms with Crippen molar-refractivity contribution in [1.82, 2.24) is 0 Å². The van der Waals surface area contributed by atoms with E-state index in [1.165, 1.54) is 0 Å². The molecule has 0 fully saturated rings. The lowest BCUT2D eigenvalue weighted by Crippen LogP contribution is -2.14. The van der Waals surface area contributed by atoms with Crippen molar-refractivity contribution in [2.75, 3.05) is 11.9 Å². The molecule has 0 spiro atoms. The van der Waals surface area contributed by atoms with Gasteiger partial charge in [-0.25, -0.2) is 0 Å². The number of nitrogens with zero attached hydrogens (tertiary/aromatic N) is 1. The fourth-order valence-corrected chi connectivity index (χ4v) is 2.87. The van der Waals surface area contributed by atoms with Gasteiger partial charge in [0.25, 0.3) is 5.91 Å². The topological polar surface area (TPSA) is 62.1 Å². The molecule has 0 heterocycles. The summed E-state index contributed by atoms with van der Waals surface area (Å²) in [6.45, 7) is 8.65. The molecule has 0 unspecified atom stereocenters. The van der Waals surface area contributed by atoms with Crippen LogP contribution in [0.1, 0.15) is 30.5 Å². The summed E-state index contributed by atoms with van der Waals surface area (Å²) in [6, 6.07) is 13.3. The summed E-state index contributed by atoms with van der Waals surface area (Å²) in [6.07, 6.45) is 1.57. The van der Waals surface area contributed by atoms with E-state index in [4.69, 9.17) is 4.74 Å². The fourth-order valence-electron chi connectivity index (χ4n) is 2.36. The van der Waals surface area contributed by atoms with Crippen LogP contribution in [0.25, 0.3) is 6.08 Å². The predicted molar refractivity (Wildman–Crippen MR) is 113 cm³/mol. The third kappa shape index (κ3) is 5.97. The number of carbonyl (C=O) groups is 1. The quantitative estimate of drug-likeness (QED) is 0.479. The summed E-state index contributed by atoms with van der Waals surface area (Å²) in [4.78, 5) is 12.5. The van der Waals surface area contributed by atoms with Gasteiger partial charge in [-0.05, 0) is 76.7 Å². The van der Waals surface area contributed by atoms with Crippen molar-refractivity contribution in [1.29, 1.82) is 5.26 Å². The minimum atomic E-state index is -0.428. The number of rotatable bonds is 6. The van der Waals surface area contributed by atoms with E-state index in [0.29, 0.717) is 18.2 Å². The van der Waals surface area contributed by atoms with E-state index < -0.39 is 5.91 Å². The highest BCUT2D eigenvalue weighted by Gasteiger charge is 2.12. The second kappa shape index (κ2) is 9.38. The smallest absolute Gasteiger partial charge is 0.266 e. The lowest BCUT2D eigenvalue weighted by molar-refractivity contribution is -0.112. The molecule has 0 atom stereocenters. The average Bonchev–Trinajstić information content (AvgIpc) is 2.61. The Morgan fingerprint density at radius 1 is 1.26 bits per heavy atom. The van der Waals surface area contributed by atoms with Crippen molar-refractivity contribution in [3.05, 3.63) is 63.1 Å². The highest BCUT2D eigenvalue weighted by molar-refractivity contribution is 9.10. The monoisotopic (exact) mass is 426 g/mol. The Bertz CT molecular complexity index is 911. The average molecular weight is 427 g/mol. The van der Waals surface area contributed by atoms with Gasteiger partial charge in [0, 0.05) is 5.69 Å². The molecule has 4 nitrogen and oxygen atoms in total. The van der Waals surface area contributed by atoms with Crippen LogP contribution in [0.2, 0.25) is 0 Å². The number of aryl methyl sites for hydroxylation is 2. The predicted octanol–water partition coefficient (Wildman–Crippen LogP) is 5.65. The highest BCUT2D eigenvalue weighted by Crippen LogP contribution is 2.27. The fraction of sp³-hybridized carbons (Fsp3) is 0.273. The molecule has 2 rings (SSSR count). The van der Waals surface area contributed by atoms with E-state index in [1.807, 2.05) is 56.3 Å². The number of hydrogen-bond donors (Lipinski definition) is 1. The van der Waals surface area contributed by atoms with E-state index in [2.05, 4.69) is 35.1 Å². The largest absolute Gasteiger partial charge is 0.492 e. The van der Waals surface area contributed by atoms with Gasteiger partial charge < -0.3 is 10.1 Å². The maximum Gasteiger partial charge on any atom is 0.266 e. The molecule has 0 aliphatic carbocycles. The molecule has 5 heteroatoms. The molecule has 0 radical (unpaired) electrons. The first-order chi connectivity index (χ1) is 12.8. The number of benzene rings is 2. The van der Waals surface area contributed by atoms with Gasteiger partial charge >= 0.3 is 0 Å².